The Morgan fingerprint density at radius 1 is 1.15 bits per heavy atom. The van der Waals surface area contributed by atoms with Crippen LogP contribution in [0.4, 0.5) is 0 Å². The van der Waals surface area contributed by atoms with E-state index in [1.54, 1.807) is 0 Å². The van der Waals surface area contributed by atoms with Crippen LogP contribution in [0.15, 0.2) is 46.2 Å². The van der Waals surface area contributed by atoms with Crippen molar-refractivity contribution in [3.05, 3.63) is 53.1 Å². The van der Waals surface area contributed by atoms with Crippen LogP contribution < -0.4 is 9.88 Å². The normalized spacial score (nSPS) is 15.0. The number of hydrogen-bond acceptors (Lipinski definition) is 6. The maximum atomic E-state index is 12.9. The molecule has 0 saturated carbocycles. The van der Waals surface area contributed by atoms with E-state index in [1.165, 1.54) is 47.8 Å². The highest BCUT2D eigenvalue weighted by Gasteiger charge is 2.30. The molecule has 0 fully saturated rings. The molecule has 2 N–H and O–H groups in total. The molecule has 0 aliphatic carbocycles. The third-order valence-electron chi connectivity index (χ3n) is 4.37. The van der Waals surface area contributed by atoms with Crippen molar-refractivity contribution >= 4 is 20.0 Å². The molecule has 0 saturated heterocycles. The number of sulfonamides is 2. The number of rotatable bonds is 4. The van der Waals surface area contributed by atoms with Crippen LogP contribution in [0.1, 0.15) is 16.7 Å². The van der Waals surface area contributed by atoms with E-state index in [2.05, 4.69) is 0 Å². The van der Waals surface area contributed by atoms with Gasteiger partial charge in [-0.2, -0.15) is 9.57 Å². The lowest BCUT2D eigenvalue weighted by molar-refractivity contribution is 0.380. The fourth-order valence-corrected chi connectivity index (χ4v) is 5.19. The van der Waals surface area contributed by atoms with Crippen molar-refractivity contribution in [2.45, 2.75) is 22.8 Å². The summed E-state index contributed by atoms with van der Waals surface area (Å²) >= 11 is 0. The minimum atomic E-state index is -3.96. The molecule has 0 amide bonds. The Hall–Kier alpha value is -2.45. The molecule has 10 heteroatoms. The zero-order chi connectivity index (χ0) is 19.8. The standard InChI is InChI=1S/C17H17N3O5S2/c1-25-16-8-14-11-20(6-5-13(14)9-17(16)26(19,21)22)27(23,24)15-4-2-3-12(7-15)10-18/h2-4,7-9H,5-6,11H2,1H3,(H2,19,21,22). The zero-order valence-electron chi connectivity index (χ0n) is 14.4. The highest BCUT2D eigenvalue weighted by atomic mass is 32.2. The average molecular weight is 407 g/mol. The first-order valence-electron chi connectivity index (χ1n) is 7.89. The predicted octanol–water partition coefficient (Wildman–Crippen LogP) is 0.961. The first-order chi connectivity index (χ1) is 12.7. The van der Waals surface area contributed by atoms with Gasteiger partial charge in [0.1, 0.15) is 10.6 Å². The van der Waals surface area contributed by atoms with Crippen molar-refractivity contribution in [1.82, 2.24) is 4.31 Å². The molecule has 2 aromatic rings. The van der Waals surface area contributed by atoms with E-state index in [4.69, 9.17) is 15.1 Å². The summed E-state index contributed by atoms with van der Waals surface area (Å²) in [4.78, 5) is -0.0834. The monoisotopic (exact) mass is 407 g/mol. The van der Waals surface area contributed by atoms with Gasteiger partial charge in [0, 0.05) is 13.1 Å². The van der Waals surface area contributed by atoms with Gasteiger partial charge >= 0.3 is 0 Å². The third kappa shape index (κ3) is 3.68. The number of hydrogen-bond donors (Lipinski definition) is 1. The molecule has 8 nitrogen and oxygen atoms in total. The second-order valence-corrected chi connectivity index (χ2v) is 9.51. The molecular weight excluding hydrogens is 390 g/mol. The summed E-state index contributed by atoms with van der Waals surface area (Å²) in [6.07, 6.45) is 0.332. The Morgan fingerprint density at radius 2 is 1.89 bits per heavy atom. The van der Waals surface area contributed by atoms with Crippen molar-refractivity contribution in [1.29, 1.82) is 5.26 Å². The van der Waals surface area contributed by atoms with Crippen LogP contribution in [0.25, 0.3) is 0 Å². The molecule has 0 unspecified atom stereocenters. The van der Waals surface area contributed by atoms with Crippen molar-refractivity contribution in [3.63, 3.8) is 0 Å². The molecule has 1 aliphatic heterocycles. The molecule has 0 bridgehead atoms. The van der Waals surface area contributed by atoms with Gasteiger partial charge in [-0.05, 0) is 47.9 Å². The first kappa shape index (κ1) is 19.3. The number of nitrogens with two attached hydrogens (primary N) is 1. The van der Waals surface area contributed by atoms with Gasteiger partial charge in [-0.15, -0.1) is 0 Å². The summed E-state index contributed by atoms with van der Waals surface area (Å²) in [5.74, 6) is 0.0713. The number of ether oxygens (including phenoxy) is 1. The Balaban J connectivity index is 2.00. The summed E-state index contributed by atoms with van der Waals surface area (Å²) < 4.78 is 55.7. The van der Waals surface area contributed by atoms with Crippen molar-refractivity contribution in [2.24, 2.45) is 5.14 Å². The smallest absolute Gasteiger partial charge is 0.243 e. The van der Waals surface area contributed by atoms with Gasteiger partial charge in [0.05, 0.1) is 23.6 Å². The fourth-order valence-electron chi connectivity index (χ4n) is 3.00. The number of nitrogens with zero attached hydrogens (tertiary/aromatic N) is 2. The molecule has 1 heterocycles. The van der Waals surface area contributed by atoms with Gasteiger partial charge in [0.2, 0.25) is 20.0 Å². The van der Waals surface area contributed by atoms with Crippen molar-refractivity contribution < 1.29 is 21.6 Å². The summed E-state index contributed by atoms with van der Waals surface area (Å²) in [7, 11) is -6.44. The summed E-state index contributed by atoms with van der Waals surface area (Å²) in [5, 5.41) is 14.2. The first-order valence-corrected chi connectivity index (χ1v) is 10.9. The van der Waals surface area contributed by atoms with Crippen LogP contribution in [-0.4, -0.2) is 34.8 Å². The van der Waals surface area contributed by atoms with Crippen LogP contribution in [0.3, 0.4) is 0 Å². The number of methoxy groups -OCH3 is 1. The van der Waals surface area contributed by atoms with E-state index in [-0.39, 0.29) is 34.2 Å². The molecule has 142 valence electrons. The van der Waals surface area contributed by atoms with Gasteiger partial charge in [0.25, 0.3) is 0 Å². The maximum absolute atomic E-state index is 12.9. The highest BCUT2D eigenvalue weighted by Crippen LogP contribution is 2.32. The van der Waals surface area contributed by atoms with Gasteiger partial charge in [0.15, 0.2) is 0 Å². The quantitative estimate of drug-likeness (QED) is 0.803. The van der Waals surface area contributed by atoms with Crippen LogP contribution >= 0.6 is 0 Å². The number of primary sulfonamides is 1. The minimum Gasteiger partial charge on any atom is -0.495 e. The predicted molar refractivity (Wildman–Crippen MR) is 96.8 cm³/mol. The summed E-state index contributed by atoms with van der Waals surface area (Å²) in [5.41, 5.74) is 1.61. The van der Waals surface area contributed by atoms with Gasteiger partial charge < -0.3 is 4.74 Å². The summed E-state index contributed by atoms with van der Waals surface area (Å²) in [6, 6.07) is 10.7. The topological polar surface area (TPSA) is 131 Å². The van der Waals surface area contributed by atoms with Gasteiger partial charge in [-0.25, -0.2) is 22.0 Å². The SMILES string of the molecule is COc1cc2c(cc1S(N)(=O)=O)CCN(S(=O)(=O)c1cccc(C#N)c1)C2. The van der Waals surface area contributed by atoms with E-state index in [1.807, 2.05) is 6.07 Å². The molecule has 0 atom stereocenters. The van der Waals surface area contributed by atoms with Crippen molar-refractivity contribution in [3.8, 4) is 11.8 Å². The largest absolute Gasteiger partial charge is 0.495 e. The lowest BCUT2D eigenvalue weighted by Crippen LogP contribution is -2.36. The maximum Gasteiger partial charge on any atom is 0.243 e. The van der Waals surface area contributed by atoms with Crippen LogP contribution in [-0.2, 0) is 33.0 Å². The van der Waals surface area contributed by atoms with Crippen LogP contribution in [0.5, 0.6) is 5.75 Å². The number of benzene rings is 2. The van der Waals surface area contributed by atoms with E-state index in [9.17, 15) is 16.8 Å². The molecule has 2 aromatic carbocycles. The Kier molecular flexibility index (Phi) is 4.96. The molecule has 3 rings (SSSR count). The van der Waals surface area contributed by atoms with E-state index in [0.29, 0.717) is 17.5 Å². The lowest BCUT2D eigenvalue weighted by atomic mass is 10.0. The molecule has 0 spiro atoms. The van der Waals surface area contributed by atoms with E-state index < -0.39 is 20.0 Å². The minimum absolute atomic E-state index is 0.0399. The molecule has 27 heavy (non-hydrogen) atoms. The van der Waals surface area contributed by atoms with Crippen molar-refractivity contribution in [2.75, 3.05) is 13.7 Å². The van der Waals surface area contributed by atoms with Crippen LogP contribution in [0.2, 0.25) is 0 Å². The number of nitriles is 1. The van der Waals surface area contributed by atoms with Gasteiger partial charge in [-0.1, -0.05) is 6.07 Å². The highest BCUT2D eigenvalue weighted by molar-refractivity contribution is 7.89. The third-order valence-corrected chi connectivity index (χ3v) is 7.14. The van der Waals surface area contributed by atoms with E-state index in [0.717, 1.165) is 0 Å². The van der Waals surface area contributed by atoms with E-state index >= 15 is 0 Å². The second kappa shape index (κ2) is 6.94. The Morgan fingerprint density at radius 3 is 2.52 bits per heavy atom. The molecular formula is C17H17N3O5S2. The second-order valence-electron chi connectivity index (χ2n) is 6.05. The number of fused-ring (bicyclic) bond motifs is 1. The Labute approximate surface area is 157 Å². The average Bonchev–Trinajstić information content (AvgIpc) is 2.65. The fraction of sp³-hybridized carbons (Fsp3) is 0.235. The molecule has 0 aromatic heterocycles. The van der Waals surface area contributed by atoms with Crippen LogP contribution in [0, 0.1) is 11.3 Å². The Bertz CT molecular complexity index is 1150. The molecule has 1 aliphatic rings. The van der Waals surface area contributed by atoms with Gasteiger partial charge in [-0.3, -0.25) is 0 Å². The summed E-state index contributed by atoms with van der Waals surface area (Å²) in [6.45, 7) is 0.248. The lowest BCUT2D eigenvalue weighted by Gasteiger charge is -2.29. The molecule has 0 radical (unpaired) electrons. The zero-order valence-corrected chi connectivity index (χ0v) is 16.0.